The van der Waals surface area contributed by atoms with Crippen LogP contribution in [-0.4, -0.2) is 177 Å². The number of rotatable bonds is 62. The summed E-state index contributed by atoms with van der Waals surface area (Å²) in [5.74, 6) is -2.82. The summed E-state index contributed by atoms with van der Waals surface area (Å²) in [6.45, 7) is 9.74. The van der Waals surface area contributed by atoms with E-state index in [1.807, 2.05) is 126 Å². The highest BCUT2D eigenvalue weighted by Crippen LogP contribution is 2.31. The van der Waals surface area contributed by atoms with Gasteiger partial charge in [0.05, 0.1) is 0 Å². The Balaban J connectivity index is 1.14. The Morgan fingerprint density at radius 3 is 1.05 bits per heavy atom. The predicted octanol–water partition coefficient (Wildman–Crippen LogP) is 18.7. The molecule has 0 aromatic heterocycles. The lowest BCUT2D eigenvalue weighted by atomic mass is 9.98. The van der Waals surface area contributed by atoms with Crippen LogP contribution in [0.4, 0.5) is 19.2 Å². The molecule has 5 atom stereocenters. The lowest BCUT2D eigenvalue weighted by Crippen LogP contribution is -2.63. The van der Waals surface area contributed by atoms with Crippen LogP contribution in [0.3, 0.4) is 0 Å². The quantitative estimate of drug-likeness (QED) is 0.0244. The minimum atomic E-state index is -1.28. The Hall–Kier alpha value is -8.77. The van der Waals surface area contributed by atoms with Crippen molar-refractivity contribution in [1.82, 2.24) is 24.9 Å². The van der Waals surface area contributed by atoms with Crippen LogP contribution in [0, 0.1) is 0 Å². The van der Waals surface area contributed by atoms with E-state index in [4.69, 9.17) is 47.4 Å². The molecule has 1 aliphatic rings. The van der Waals surface area contributed by atoms with E-state index in [1.165, 1.54) is 116 Å². The summed E-state index contributed by atoms with van der Waals surface area (Å²) in [5.41, 5.74) is 3.35. The lowest BCUT2D eigenvalue weighted by Gasteiger charge is -2.44. The molecule has 24 heteroatoms. The number of esters is 4. The monoisotopic (exact) mass is 1600 g/mol. The fourth-order valence-corrected chi connectivity index (χ4v) is 13.9. The largest absolute Gasteiger partial charge is 0.463 e. The van der Waals surface area contributed by atoms with Crippen LogP contribution in [-0.2, 0) is 97.8 Å². The number of unbranched alkanes of at least 4 members (excludes halogenated alkanes) is 28. The summed E-state index contributed by atoms with van der Waals surface area (Å²) in [6, 6.07) is 37.7. The van der Waals surface area contributed by atoms with Gasteiger partial charge in [0.2, 0.25) is 5.91 Å². The van der Waals surface area contributed by atoms with Gasteiger partial charge in [0.25, 0.3) is 0 Å². The Morgan fingerprint density at radius 2 is 0.652 bits per heavy atom. The number of hydrogen-bond donors (Lipinski definition) is 1. The Labute approximate surface area is 685 Å². The molecule has 0 saturated carbocycles. The third kappa shape index (κ3) is 45.4. The van der Waals surface area contributed by atoms with Gasteiger partial charge < -0.3 is 67.4 Å². The van der Waals surface area contributed by atoms with Gasteiger partial charge in [0.15, 0.2) is 24.6 Å². The highest BCUT2D eigenvalue weighted by Gasteiger charge is 2.53. The first-order chi connectivity index (χ1) is 56.0. The van der Waals surface area contributed by atoms with E-state index in [9.17, 15) is 43.2 Å². The zero-order valence-corrected chi connectivity index (χ0v) is 69.9. The zero-order valence-electron chi connectivity index (χ0n) is 69.9. The molecular weight excluding hydrogens is 1470 g/mol. The maximum absolute atomic E-state index is 14.8. The van der Waals surface area contributed by atoms with Gasteiger partial charge in [0.1, 0.15) is 45.7 Å². The maximum atomic E-state index is 14.8. The number of amides is 5. The molecule has 1 N–H and O–H groups in total. The predicted molar refractivity (Wildman–Crippen MR) is 442 cm³/mol. The highest BCUT2D eigenvalue weighted by molar-refractivity contribution is 5.82. The van der Waals surface area contributed by atoms with Crippen molar-refractivity contribution in [2.45, 2.75) is 304 Å². The number of hydrogen-bond acceptors (Lipinski definition) is 19. The third-order valence-corrected chi connectivity index (χ3v) is 20.2. The number of nitrogens with zero attached hydrogens (tertiary/aromatic N) is 4. The second kappa shape index (κ2) is 61.6. The molecule has 0 bridgehead atoms. The number of nitrogens with one attached hydrogen (secondary N) is 1. The number of carbonyl (C=O) groups excluding carboxylic acids is 9. The molecule has 1 fully saturated rings. The van der Waals surface area contributed by atoms with Gasteiger partial charge in [0, 0.05) is 86.7 Å². The first-order valence-electron chi connectivity index (χ1n) is 43.0. The van der Waals surface area contributed by atoms with Gasteiger partial charge in [-0.25, -0.2) is 19.2 Å². The summed E-state index contributed by atoms with van der Waals surface area (Å²) < 4.78 is 56.9. The first-order valence-corrected chi connectivity index (χ1v) is 43.0. The Kier molecular flexibility index (Phi) is 51.9. The summed E-state index contributed by atoms with van der Waals surface area (Å²) >= 11 is 0. The molecule has 4 aromatic carbocycles. The fraction of sp³-hybridized carbons (Fsp3) is 0.637. The molecule has 0 unspecified atom stereocenters. The molecule has 115 heavy (non-hydrogen) atoms. The van der Waals surface area contributed by atoms with E-state index in [1.54, 1.807) is 9.80 Å². The number of benzene rings is 4. The van der Waals surface area contributed by atoms with Crippen LogP contribution < -0.4 is 5.32 Å². The first kappa shape index (κ1) is 96.8. The summed E-state index contributed by atoms with van der Waals surface area (Å²) in [5, 5.41) is 2.78. The molecule has 24 nitrogen and oxygen atoms in total. The van der Waals surface area contributed by atoms with Crippen LogP contribution in [0.1, 0.15) is 269 Å². The van der Waals surface area contributed by atoms with Gasteiger partial charge in [-0.2, -0.15) is 0 Å². The Bertz CT molecular complexity index is 3280. The summed E-state index contributed by atoms with van der Waals surface area (Å²) in [4.78, 5) is 125. The molecule has 1 aliphatic heterocycles. The minimum absolute atomic E-state index is 0.0238. The van der Waals surface area contributed by atoms with Gasteiger partial charge in [-0.15, -0.1) is 0 Å². The van der Waals surface area contributed by atoms with E-state index in [2.05, 4.69) is 12.2 Å². The van der Waals surface area contributed by atoms with Crippen LogP contribution in [0.2, 0.25) is 0 Å². The van der Waals surface area contributed by atoms with E-state index in [0.29, 0.717) is 58.3 Å². The normalized spacial score (nSPS) is 15.0. The maximum Gasteiger partial charge on any atom is 0.410 e. The molecule has 0 aliphatic carbocycles. The molecule has 1 saturated heterocycles. The van der Waals surface area contributed by atoms with Crippen LogP contribution >= 0.6 is 0 Å². The van der Waals surface area contributed by atoms with Crippen LogP contribution in [0.5, 0.6) is 0 Å². The van der Waals surface area contributed by atoms with Crippen molar-refractivity contribution >= 4 is 54.2 Å². The van der Waals surface area contributed by atoms with Crippen molar-refractivity contribution < 1.29 is 90.5 Å². The second-order valence-electron chi connectivity index (χ2n) is 30.1. The average molecular weight is 1610 g/mol. The molecule has 640 valence electrons. The third-order valence-electron chi connectivity index (χ3n) is 20.2. The molecule has 5 amide bonds. The van der Waals surface area contributed by atoms with Crippen molar-refractivity contribution in [3.05, 3.63) is 144 Å². The van der Waals surface area contributed by atoms with Crippen molar-refractivity contribution in [2.24, 2.45) is 0 Å². The molecule has 5 rings (SSSR count). The molecule has 4 aromatic rings. The fourth-order valence-electron chi connectivity index (χ4n) is 13.9. The minimum Gasteiger partial charge on any atom is -0.463 e. The summed E-state index contributed by atoms with van der Waals surface area (Å²) in [7, 11) is 0. The zero-order chi connectivity index (χ0) is 82.6. The van der Waals surface area contributed by atoms with Crippen LogP contribution in [0.15, 0.2) is 121 Å². The molecule has 0 radical (unpaired) electrons. The van der Waals surface area contributed by atoms with Gasteiger partial charge >= 0.3 is 48.3 Å². The smallest absolute Gasteiger partial charge is 0.410 e. The van der Waals surface area contributed by atoms with E-state index in [0.717, 1.165) is 119 Å². The SMILES string of the molecule is CCCCCCCCCCCCCCCCCCN(CCCCCCCCCCCCCCCO[C@@H]1O[C@H](COC(C)=O)[C@@H](OC(C)=O)[C@H](OC(C)=O)[C@@H]1OC(C)=O)C(=O)CN(CCCN(CCCCN(CCCNC(=O)OCc1ccccc1)C(=O)OCc1ccccc1)C(=O)OCc1ccccc1)C(=O)OCc1ccccc1. The van der Waals surface area contributed by atoms with Crippen molar-refractivity contribution in [3.63, 3.8) is 0 Å². The van der Waals surface area contributed by atoms with Crippen molar-refractivity contribution in [2.75, 3.05) is 72.1 Å². The number of carbonyl (C=O) groups is 9. The van der Waals surface area contributed by atoms with Gasteiger partial charge in [-0.3, -0.25) is 28.9 Å². The summed E-state index contributed by atoms with van der Waals surface area (Å²) in [6.07, 6.45) is 26.7. The van der Waals surface area contributed by atoms with Crippen molar-refractivity contribution in [3.8, 4) is 0 Å². The number of alkyl carbamates (subject to hydrolysis) is 1. The van der Waals surface area contributed by atoms with E-state index >= 15 is 0 Å². The molecular formula is C91H137N5O19. The lowest BCUT2D eigenvalue weighted by molar-refractivity contribution is -0.308. The van der Waals surface area contributed by atoms with Gasteiger partial charge in [-0.05, 0) is 67.2 Å². The molecule has 1 heterocycles. The van der Waals surface area contributed by atoms with Crippen molar-refractivity contribution in [1.29, 1.82) is 0 Å². The average Bonchev–Trinajstić information content (AvgIpc) is 0.785. The molecule has 0 spiro atoms. The van der Waals surface area contributed by atoms with Gasteiger partial charge in [-0.1, -0.05) is 295 Å². The number of ether oxygens (including phenoxy) is 10. The standard InChI is InChI=1S/C91H137N5O19/c1-6-7-8-9-10-11-12-13-14-15-17-20-23-26-29-44-60-93(61-45-30-27-24-21-18-16-19-22-25-28-31-48-67-106-87-86(114-77(5)100)85(113-76(4)99)84(112-75(3)98)82(115-87)73-107-74(2)97)83(101)68-96(91(105)111-72-81-57-42-35-43-58-81)66-50-65-95(90(104)110-71-80-55-40-34-41-56-80)63-47-46-62-94(89(103)109-70-79-53-38-33-39-54-79)64-49-59-92-88(102)108-69-78-51-36-32-37-52-78/h32-43,51-58,82,84-87H,6-31,44-50,59-73H2,1-5H3,(H,92,102)/t82-,84-,85+,86+,87-/m1/s1. The van der Waals surface area contributed by atoms with E-state index < -0.39 is 79.0 Å². The second-order valence-corrected chi connectivity index (χ2v) is 30.1. The topological polar surface area (TPSA) is 271 Å². The highest BCUT2D eigenvalue weighted by atomic mass is 16.7. The Morgan fingerprint density at radius 1 is 0.330 bits per heavy atom. The van der Waals surface area contributed by atoms with Crippen LogP contribution in [0.25, 0.3) is 0 Å². The van der Waals surface area contributed by atoms with E-state index in [-0.39, 0.29) is 78.3 Å².